The molecule has 1 aromatic heterocycles. The van der Waals surface area contributed by atoms with Crippen LogP contribution in [0.5, 0.6) is 0 Å². The summed E-state index contributed by atoms with van der Waals surface area (Å²) >= 11 is 1.15. The highest BCUT2D eigenvalue weighted by molar-refractivity contribution is 7.14. The number of carbonyl (C=O) groups is 2. The molecule has 14 heavy (non-hydrogen) atoms. The summed E-state index contributed by atoms with van der Waals surface area (Å²) in [5, 5.41) is 8.62. The first kappa shape index (κ1) is 10.5. The molecular weight excluding hydrogens is 202 g/mol. The van der Waals surface area contributed by atoms with Gasteiger partial charge in [-0.05, 0) is 18.2 Å². The number of hydrogen-bond acceptors (Lipinski definition) is 3. The molecule has 0 saturated carbocycles. The Morgan fingerprint density at radius 3 is 2.71 bits per heavy atom. The topological polar surface area (TPSA) is 80.4 Å². The lowest BCUT2D eigenvalue weighted by molar-refractivity contribution is -0.117. The molecule has 0 atom stereocenters. The highest BCUT2D eigenvalue weighted by atomic mass is 32.1. The van der Waals surface area contributed by atoms with E-state index in [9.17, 15) is 9.59 Å². The maximum absolute atomic E-state index is 10.5. The summed E-state index contributed by atoms with van der Waals surface area (Å²) in [6.45, 7) is 0. The zero-order valence-electron chi connectivity index (χ0n) is 7.27. The molecule has 1 aromatic rings. The van der Waals surface area contributed by atoms with E-state index in [1.165, 1.54) is 6.07 Å². The largest absolute Gasteiger partial charge is 0.477 e. The van der Waals surface area contributed by atoms with E-state index in [4.69, 9.17) is 10.8 Å². The molecule has 3 N–H and O–H groups in total. The fourth-order valence-corrected chi connectivity index (χ4v) is 1.63. The van der Waals surface area contributed by atoms with Crippen molar-refractivity contribution >= 4 is 29.3 Å². The molecule has 0 aliphatic carbocycles. The lowest BCUT2D eigenvalue weighted by Gasteiger charge is -1.85. The molecule has 0 saturated heterocycles. The number of carbonyl (C=O) groups excluding carboxylic acids is 1. The van der Waals surface area contributed by atoms with Gasteiger partial charge >= 0.3 is 5.97 Å². The Morgan fingerprint density at radius 2 is 2.21 bits per heavy atom. The van der Waals surface area contributed by atoms with Gasteiger partial charge in [0, 0.05) is 11.3 Å². The third-order valence-corrected chi connectivity index (χ3v) is 2.48. The van der Waals surface area contributed by atoms with Gasteiger partial charge < -0.3 is 10.8 Å². The number of primary amides is 1. The van der Waals surface area contributed by atoms with Gasteiger partial charge in [0.25, 0.3) is 0 Å². The van der Waals surface area contributed by atoms with Gasteiger partial charge in [-0.2, -0.15) is 0 Å². The Labute approximate surface area is 84.7 Å². The summed E-state index contributed by atoms with van der Waals surface area (Å²) in [4.78, 5) is 22.0. The van der Waals surface area contributed by atoms with Crippen LogP contribution in [0.2, 0.25) is 0 Å². The zero-order valence-corrected chi connectivity index (χ0v) is 8.08. The zero-order chi connectivity index (χ0) is 10.6. The number of carboxylic acids is 1. The van der Waals surface area contributed by atoms with Crippen LogP contribution in [0.1, 0.15) is 21.0 Å². The second-order valence-corrected chi connectivity index (χ2v) is 3.70. The van der Waals surface area contributed by atoms with Crippen LogP contribution in [0.25, 0.3) is 6.08 Å². The molecular formula is C9H9NO3S. The van der Waals surface area contributed by atoms with Crippen molar-refractivity contribution in [2.45, 2.75) is 6.42 Å². The third kappa shape index (κ3) is 3.02. The van der Waals surface area contributed by atoms with E-state index in [0.29, 0.717) is 0 Å². The molecule has 0 aromatic carbocycles. The van der Waals surface area contributed by atoms with Gasteiger partial charge in [-0.15, -0.1) is 11.3 Å². The van der Waals surface area contributed by atoms with Crippen molar-refractivity contribution in [3.63, 3.8) is 0 Å². The summed E-state index contributed by atoms with van der Waals surface area (Å²) < 4.78 is 0. The first-order valence-electron chi connectivity index (χ1n) is 3.87. The van der Waals surface area contributed by atoms with E-state index >= 15 is 0 Å². The summed E-state index contributed by atoms with van der Waals surface area (Å²) in [5.41, 5.74) is 4.93. The number of amides is 1. The van der Waals surface area contributed by atoms with Crippen LogP contribution < -0.4 is 5.73 Å². The van der Waals surface area contributed by atoms with Gasteiger partial charge in [0.15, 0.2) is 0 Å². The molecule has 5 heteroatoms. The highest BCUT2D eigenvalue weighted by Crippen LogP contribution is 2.17. The van der Waals surface area contributed by atoms with Crippen molar-refractivity contribution in [2.24, 2.45) is 5.73 Å². The maximum Gasteiger partial charge on any atom is 0.345 e. The van der Waals surface area contributed by atoms with Gasteiger partial charge in [-0.25, -0.2) is 4.79 Å². The average molecular weight is 211 g/mol. The predicted octanol–water partition coefficient (Wildman–Crippen LogP) is 1.33. The number of nitrogens with two attached hydrogens (primary N) is 1. The molecule has 0 bridgehead atoms. The third-order valence-electron chi connectivity index (χ3n) is 1.44. The Hall–Kier alpha value is -1.62. The summed E-state index contributed by atoms with van der Waals surface area (Å²) in [5.74, 6) is -1.35. The summed E-state index contributed by atoms with van der Waals surface area (Å²) in [7, 11) is 0. The van der Waals surface area contributed by atoms with Crippen LogP contribution in [0.3, 0.4) is 0 Å². The standard InChI is InChI=1S/C9H9NO3S/c10-8(11)3-1-2-6-4-5-7(14-6)9(12)13/h1-2,4-5H,3H2,(H2,10,11)(H,12,13). The number of hydrogen-bond donors (Lipinski definition) is 2. The molecule has 0 aliphatic heterocycles. The van der Waals surface area contributed by atoms with Crippen molar-refractivity contribution in [2.75, 3.05) is 0 Å². The van der Waals surface area contributed by atoms with Crippen molar-refractivity contribution in [3.8, 4) is 0 Å². The van der Waals surface area contributed by atoms with E-state index < -0.39 is 11.9 Å². The SMILES string of the molecule is NC(=O)CC=Cc1ccc(C(=O)O)s1. The molecule has 0 radical (unpaired) electrons. The second kappa shape index (κ2) is 4.57. The molecule has 0 unspecified atom stereocenters. The maximum atomic E-state index is 10.5. The number of thiophene rings is 1. The van der Waals surface area contributed by atoms with Crippen molar-refractivity contribution in [1.29, 1.82) is 0 Å². The van der Waals surface area contributed by atoms with Crippen LogP contribution in [-0.2, 0) is 4.79 Å². The highest BCUT2D eigenvalue weighted by Gasteiger charge is 2.04. The van der Waals surface area contributed by atoms with Crippen LogP contribution in [0.4, 0.5) is 0 Å². The van der Waals surface area contributed by atoms with Crippen LogP contribution in [-0.4, -0.2) is 17.0 Å². The molecule has 74 valence electrons. The van der Waals surface area contributed by atoms with E-state index in [0.717, 1.165) is 16.2 Å². The van der Waals surface area contributed by atoms with Gasteiger partial charge in [-0.1, -0.05) is 6.08 Å². The molecule has 4 nitrogen and oxygen atoms in total. The quantitative estimate of drug-likeness (QED) is 0.788. The minimum absolute atomic E-state index is 0.167. The minimum Gasteiger partial charge on any atom is -0.477 e. The minimum atomic E-state index is -0.940. The molecule has 1 rings (SSSR count). The van der Waals surface area contributed by atoms with E-state index in [-0.39, 0.29) is 11.3 Å². The smallest absolute Gasteiger partial charge is 0.345 e. The number of aromatic carboxylic acids is 1. The fraction of sp³-hybridized carbons (Fsp3) is 0.111. The van der Waals surface area contributed by atoms with Gasteiger partial charge in [0.1, 0.15) is 4.88 Å². The van der Waals surface area contributed by atoms with Gasteiger partial charge in [-0.3, -0.25) is 4.79 Å². The average Bonchev–Trinajstić information content (AvgIpc) is 2.52. The molecule has 1 heterocycles. The fourth-order valence-electron chi connectivity index (χ4n) is 0.849. The van der Waals surface area contributed by atoms with Crippen molar-refractivity contribution in [1.82, 2.24) is 0 Å². The Kier molecular flexibility index (Phi) is 3.41. The molecule has 0 spiro atoms. The molecule has 1 amide bonds. The Bertz CT molecular complexity index is 381. The van der Waals surface area contributed by atoms with Gasteiger partial charge in [0.2, 0.25) is 5.91 Å². The monoisotopic (exact) mass is 211 g/mol. The van der Waals surface area contributed by atoms with E-state index in [2.05, 4.69) is 0 Å². The normalized spacial score (nSPS) is 10.6. The van der Waals surface area contributed by atoms with Gasteiger partial charge in [0.05, 0.1) is 0 Å². The lowest BCUT2D eigenvalue weighted by atomic mass is 10.3. The van der Waals surface area contributed by atoms with Crippen LogP contribution in [0, 0.1) is 0 Å². The van der Waals surface area contributed by atoms with E-state index in [1.54, 1.807) is 18.2 Å². The Morgan fingerprint density at radius 1 is 1.50 bits per heavy atom. The van der Waals surface area contributed by atoms with Crippen molar-refractivity contribution < 1.29 is 14.7 Å². The predicted molar refractivity (Wildman–Crippen MR) is 54.1 cm³/mol. The van der Waals surface area contributed by atoms with E-state index in [1.807, 2.05) is 0 Å². The number of rotatable bonds is 4. The first-order valence-corrected chi connectivity index (χ1v) is 4.69. The molecule has 0 aliphatic rings. The van der Waals surface area contributed by atoms with Crippen molar-refractivity contribution in [3.05, 3.63) is 28.0 Å². The van der Waals surface area contributed by atoms with Crippen LogP contribution in [0.15, 0.2) is 18.2 Å². The first-order chi connectivity index (χ1) is 6.59. The second-order valence-electron chi connectivity index (χ2n) is 2.58. The summed E-state index contributed by atoms with van der Waals surface area (Å²) in [6.07, 6.45) is 3.46. The number of carboxylic acid groups (broad SMARTS) is 1. The van der Waals surface area contributed by atoms with Crippen LogP contribution >= 0.6 is 11.3 Å². The summed E-state index contributed by atoms with van der Waals surface area (Å²) in [6, 6.07) is 3.21. The molecule has 0 fully saturated rings. The lowest BCUT2D eigenvalue weighted by Crippen LogP contribution is -2.07. The Balaban J connectivity index is 2.64.